The second kappa shape index (κ2) is 8.57. The number of fused-ring (bicyclic) bond motifs is 2. The molecule has 0 aliphatic heterocycles. The highest BCUT2D eigenvalue weighted by Gasteiger charge is 2.15. The van der Waals surface area contributed by atoms with Gasteiger partial charge in [0.25, 0.3) is 0 Å². The number of benzene rings is 6. The topological polar surface area (TPSA) is 3.24 Å². The van der Waals surface area contributed by atoms with Crippen molar-refractivity contribution in [1.82, 2.24) is 0 Å². The molecule has 0 fully saturated rings. The van der Waals surface area contributed by atoms with Crippen molar-refractivity contribution in [3.8, 4) is 11.1 Å². The van der Waals surface area contributed by atoms with E-state index in [4.69, 9.17) is 7.85 Å². The zero-order chi connectivity index (χ0) is 22.9. The predicted octanol–water partition coefficient (Wildman–Crippen LogP) is 7.92. The molecule has 0 spiro atoms. The van der Waals surface area contributed by atoms with Crippen molar-refractivity contribution < 1.29 is 0 Å². The van der Waals surface area contributed by atoms with E-state index in [-0.39, 0.29) is 0 Å². The van der Waals surface area contributed by atoms with E-state index in [9.17, 15) is 0 Å². The Hall–Kier alpha value is -4.30. The Labute approximate surface area is 201 Å². The quantitative estimate of drug-likeness (QED) is 0.202. The Bertz CT molecular complexity index is 1490. The first kappa shape index (κ1) is 20.3. The second-order valence-electron chi connectivity index (χ2n) is 8.43. The lowest BCUT2D eigenvalue weighted by Gasteiger charge is -2.25. The molecule has 6 rings (SSSR count). The Kier molecular flexibility index (Phi) is 5.12. The molecule has 2 radical (unpaired) electrons. The first-order valence-corrected chi connectivity index (χ1v) is 11.5. The molecule has 0 saturated carbocycles. The molecule has 0 aliphatic rings. The van der Waals surface area contributed by atoms with Gasteiger partial charge in [-0.2, -0.15) is 0 Å². The average Bonchev–Trinajstić information content (AvgIpc) is 2.91. The molecule has 2 heteroatoms. The normalized spacial score (nSPS) is 11.1. The van der Waals surface area contributed by atoms with Crippen molar-refractivity contribution in [3.05, 3.63) is 133 Å². The lowest BCUT2D eigenvalue weighted by molar-refractivity contribution is 1.28. The molecule has 0 heterocycles. The summed E-state index contributed by atoms with van der Waals surface area (Å²) in [6, 6.07) is 46.6. The maximum Gasteiger partial charge on any atom is 0.115 e. The minimum Gasteiger partial charge on any atom is -0.311 e. The molecule has 1 nitrogen and oxygen atoms in total. The molecule has 6 aromatic rings. The van der Waals surface area contributed by atoms with Gasteiger partial charge in [0.05, 0.1) is 0 Å². The van der Waals surface area contributed by atoms with E-state index in [2.05, 4.69) is 126 Å². The van der Waals surface area contributed by atoms with Crippen LogP contribution in [-0.4, -0.2) is 7.85 Å². The molecule has 0 saturated heterocycles. The molecular weight excluding hydrogens is 409 g/mol. The monoisotopic (exact) mass is 431 g/mol. The maximum atomic E-state index is 6.59. The highest BCUT2D eigenvalue weighted by Crippen LogP contribution is 2.38. The zero-order valence-corrected chi connectivity index (χ0v) is 18.7. The SMILES string of the molecule is [B]c1c2ccccc2c(-c2ccc(N(c3ccccc3)c3ccccc3)cc2)c2ccccc12. The van der Waals surface area contributed by atoms with Crippen molar-refractivity contribution in [2.24, 2.45) is 0 Å². The van der Waals surface area contributed by atoms with Gasteiger partial charge in [0, 0.05) is 17.1 Å². The molecule has 0 atom stereocenters. The highest BCUT2D eigenvalue weighted by molar-refractivity contribution is 6.46. The summed E-state index contributed by atoms with van der Waals surface area (Å²) in [5.74, 6) is 0. The Morgan fingerprint density at radius 3 is 1.24 bits per heavy atom. The minimum atomic E-state index is 0.839. The van der Waals surface area contributed by atoms with Gasteiger partial charge < -0.3 is 4.90 Å². The molecule has 0 amide bonds. The van der Waals surface area contributed by atoms with Gasteiger partial charge in [-0.1, -0.05) is 103 Å². The van der Waals surface area contributed by atoms with Crippen LogP contribution >= 0.6 is 0 Å². The van der Waals surface area contributed by atoms with Gasteiger partial charge in [-0.25, -0.2) is 0 Å². The van der Waals surface area contributed by atoms with E-state index in [0.717, 1.165) is 33.3 Å². The third-order valence-electron chi connectivity index (χ3n) is 6.42. The standard InChI is InChI=1S/C32H22BN/c33-32-29-17-9-7-15-27(29)31(28-16-8-10-18-30(28)32)23-19-21-26(22-20-23)34(24-11-3-1-4-12-24)25-13-5-2-6-14-25/h1-22H. The summed E-state index contributed by atoms with van der Waals surface area (Å²) < 4.78 is 0. The summed E-state index contributed by atoms with van der Waals surface area (Å²) in [4.78, 5) is 2.28. The van der Waals surface area contributed by atoms with Gasteiger partial charge in [0.2, 0.25) is 0 Å². The summed E-state index contributed by atoms with van der Waals surface area (Å²) in [6.07, 6.45) is 0. The lowest BCUT2D eigenvalue weighted by atomic mass is 9.81. The van der Waals surface area contributed by atoms with Gasteiger partial charge >= 0.3 is 0 Å². The summed E-state index contributed by atoms with van der Waals surface area (Å²) in [7, 11) is 6.59. The minimum absolute atomic E-state index is 0.839. The fourth-order valence-corrected chi connectivity index (χ4v) is 4.85. The van der Waals surface area contributed by atoms with E-state index >= 15 is 0 Å². The van der Waals surface area contributed by atoms with Crippen LogP contribution in [0.3, 0.4) is 0 Å². The smallest absolute Gasteiger partial charge is 0.115 e. The van der Waals surface area contributed by atoms with Gasteiger partial charge in [0.15, 0.2) is 0 Å². The van der Waals surface area contributed by atoms with Crippen LogP contribution in [0.1, 0.15) is 0 Å². The van der Waals surface area contributed by atoms with Crippen LogP contribution in [0, 0.1) is 0 Å². The molecule has 0 bridgehead atoms. The summed E-state index contributed by atoms with van der Waals surface area (Å²) in [6.45, 7) is 0. The van der Waals surface area contributed by atoms with Crippen molar-refractivity contribution in [3.63, 3.8) is 0 Å². The van der Waals surface area contributed by atoms with E-state index in [1.807, 2.05) is 12.1 Å². The van der Waals surface area contributed by atoms with Crippen LogP contribution in [0.4, 0.5) is 17.1 Å². The van der Waals surface area contributed by atoms with Gasteiger partial charge in [-0.3, -0.25) is 0 Å². The van der Waals surface area contributed by atoms with Gasteiger partial charge in [-0.15, -0.1) is 0 Å². The fourth-order valence-electron chi connectivity index (χ4n) is 4.85. The largest absolute Gasteiger partial charge is 0.311 e. The molecule has 34 heavy (non-hydrogen) atoms. The number of rotatable bonds is 4. The Morgan fingerprint density at radius 2 is 0.765 bits per heavy atom. The van der Waals surface area contributed by atoms with Crippen LogP contribution in [-0.2, 0) is 0 Å². The molecule has 0 unspecified atom stereocenters. The van der Waals surface area contributed by atoms with Crippen LogP contribution in [0.15, 0.2) is 133 Å². The van der Waals surface area contributed by atoms with Crippen molar-refractivity contribution in [2.45, 2.75) is 0 Å². The molecular formula is C32H22BN. The van der Waals surface area contributed by atoms with Crippen LogP contribution in [0.5, 0.6) is 0 Å². The van der Waals surface area contributed by atoms with Crippen molar-refractivity contribution in [1.29, 1.82) is 0 Å². The summed E-state index contributed by atoms with van der Waals surface area (Å²) >= 11 is 0. The number of hydrogen-bond donors (Lipinski definition) is 0. The molecule has 158 valence electrons. The number of hydrogen-bond acceptors (Lipinski definition) is 1. The Morgan fingerprint density at radius 1 is 0.382 bits per heavy atom. The number of nitrogens with zero attached hydrogens (tertiary/aromatic N) is 1. The highest BCUT2D eigenvalue weighted by atomic mass is 15.1. The van der Waals surface area contributed by atoms with Gasteiger partial charge in [0.1, 0.15) is 7.85 Å². The third-order valence-corrected chi connectivity index (χ3v) is 6.42. The Balaban J connectivity index is 1.54. The lowest BCUT2D eigenvalue weighted by Crippen LogP contribution is -2.09. The van der Waals surface area contributed by atoms with Crippen molar-refractivity contribution >= 4 is 51.9 Å². The molecule has 0 aromatic heterocycles. The van der Waals surface area contributed by atoms with E-state index in [1.165, 1.54) is 21.9 Å². The van der Waals surface area contributed by atoms with Crippen LogP contribution in [0.25, 0.3) is 32.7 Å². The summed E-state index contributed by atoms with van der Waals surface area (Å²) in [5, 5.41) is 4.54. The first-order chi connectivity index (χ1) is 16.8. The van der Waals surface area contributed by atoms with E-state index in [0.29, 0.717) is 0 Å². The van der Waals surface area contributed by atoms with E-state index < -0.39 is 0 Å². The first-order valence-electron chi connectivity index (χ1n) is 11.5. The third kappa shape index (κ3) is 3.45. The summed E-state index contributed by atoms with van der Waals surface area (Å²) in [5.41, 5.74) is 6.61. The molecule has 6 aromatic carbocycles. The zero-order valence-electron chi connectivity index (χ0n) is 18.7. The van der Waals surface area contributed by atoms with E-state index in [1.54, 1.807) is 0 Å². The van der Waals surface area contributed by atoms with Gasteiger partial charge in [-0.05, 0) is 69.1 Å². The molecule has 0 aliphatic carbocycles. The maximum absolute atomic E-state index is 6.59. The number of para-hydroxylation sites is 2. The molecule has 0 N–H and O–H groups in total. The van der Waals surface area contributed by atoms with Crippen LogP contribution in [0.2, 0.25) is 0 Å². The second-order valence-corrected chi connectivity index (χ2v) is 8.43. The fraction of sp³-hybridized carbons (Fsp3) is 0. The number of anilines is 3. The van der Waals surface area contributed by atoms with Crippen LogP contribution < -0.4 is 10.4 Å². The average molecular weight is 431 g/mol. The predicted molar refractivity (Wildman–Crippen MR) is 147 cm³/mol. The van der Waals surface area contributed by atoms with Crippen molar-refractivity contribution in [2.75, 3.05) is 4.90 Å².